The van der Waals surface area contributed by atoms with Crippen LogP contribution in [0.15, 0.2) is 35.1 Å². The zero-order valence-corrected chi connectivity index (χ0v) is 10.8. The molecular formula is C16H17NO2. The predicted octanol–water partition coefficient (Wildman–Crippen LogP) is 2.93. The molecule has 3 heteroatoms. The van der Waals surface area contributed by atoms with Gasteiger partial charge in [-0.05, 0) is 43.4 Å². The molecule has 2 heterocycles. The van der Waals surface area contributed by atoms with Crippen molar-refractivity contribution in [2.24, 2.45) is 0 Å². The van der Waals surface area contributed by atoms with Gasteiger partial charge in [0.25, 0.3) is 0 Å². The molecule has 0 saturated carbocycles. The summed E-state index contributed by atoms with van der Waals surface area (Å²) in [5, 5.41) is 11.3. The van der Waals surface area contributed by atoms with Crippen molar-refractivity contribution in [1.29, 1.82) is 0 Å². The maximum Gasteiger partial charge on any atom is 0.109 e. The number of nitrogens with zero attached hydrogens (tertiary/aromatic N) is 1. The Labute approximate surface area is 112 Å². The summed E-state index contributed by atoms with van der Waals surface area (Å²) in [6.07, 6.45) is 8.26. The number of aryl methyl sites for hydroxylation is 2. The van der Waals surface area contributed by atoms with Crippen LogP contribution < -0.4 is 0 Å². The molecule has 2 aromatic heterocycles. The smallest absolute Gasteiger partial charge is 0.109 e. The Bertz CT molecular complexity index is 619. The molecule has 0 bridgehead atoms. The van der Waals surface area contributed by atoms with E-state index in [9.17, 15) is 5.11 Å². The zero-order chi connectivity index (χ0) is 12.9. The van der Waals surface area contributed by atoms with Crippen LogP contribution >= 0.6 is 0 Å². The number of furan rings is 1. The van der Waals surface area contributed by atoms with E-state index in [1.54, 1.807) is 6.26 Å². The van der Waals surface area contributed by atoms with Crippen LogP contribution in [-0.4, -0.2) is 10.1 Å². The molecule has 0 spiro atoms. The standard InChI is InChI=1S/C16H17NO2/c18-16(8-1-4-14-12(16)7-10-19-14)13-6-5-11-3-2-9-17-15(11)13/h2-3,7,9-10,13,18H,1,4-6,8H2. The van der Waals surface area contributed by atoms with Gasteiger partial charge in [-0.1, -0.05) is 6.07 Å². The van der Waals surface area contributed by atoms with Crippen LogP contribution in [0.3, 0.4) is 0 Å². The number of hydrogen-bond acceptors (Lipinski definition) is 3. The van der Waals surface area contributed by atoms with Crippen LogP contribution in [0.25, 0.3) is 0 Å². The molecule has 2 unspecified atom stereocenters. The van der Waals surface area contributed by atoms with Gasteiger partial charge in [0, 0.05) is 29.8 Å². The lowest BCUT2D eigenvalue weighted by Crippen LogP contribution is -2.36. The first kappa shape index (κ1) is 11.2. The van der Waals surface area contributed by atoms with Crippen LogP contribution in [0.1, 0.15) is 47.8 Å². The van der Waals surface area contributed by atoms with E-state index in [1.165, 1.54) is 5.56 Å². The molecule has 2 aromatic rings. The van der Waals surface area contributed by atoms with E-state index in [4.69, 9.17) is 4.42 Å². The Kier molecular flexibility index (Phi) is 2.33. The Morgan fingerprint density at radius 2 is 2.26 bits per heavy atom. The molecule has 0 radical (unpaired) electrons. The number of aliphatic hydroxyl groups is 1. The molecule has 98 valence electrons. The predicted molar refractivity (Wildman–Crippen MR) is 70.8 cm³/mol. The van der Waals surface area contributed by atoms with Crippen molar-refractivity contribution in [3.8, 4) is 0 Å². The van der Waals surface area contributed by atoms with Crippen LogP contribution in [0.2, 0.25) is 0 Å². The minimum Gasteiger partial charge on any atom is -0.469 e. The quantitative estimate of drug-likeness (QED) is 0.852. The van der Waals surface area contributed by atoms with E-state index in [0.717, 1.165) is 49.1 Å². The molecule has 2 aliphatic rings. The highest BCUT2D eigenvalue weighted by Gasteiger charge is 2.46. The van der Waals surface area contributed by atoms with Crippen molar-refractivity contribution in [3.63, 3.8) is 0 Å². The number of rotatable bonds is 1. The molecule has 0 fully saturated rings. The first-order chi connectivity index (χ1) is 9.29. The van der Waals surface area contributed by atoms with E-state index in [0.29, 0.717) is 0 Å². The number of hydrogen-bond donors (Lipinski definition) is 1. The molecule has 0 aliphatic heterocycles. The molecule has 19 heavy (non-hydrogen) atoms. The highest BCUT2D eigenvalue weighted by molar-refractivity contribution is 5.38. The van der Waals surface area contributed by atoms with Crippen molar-refractivity contribution >= 4 is 0 Å². The largest absolute Gasteiger partial charge is 0.469 e. The maximum atomic E-state index is 11.3. The van der Waals surface area contributed by atoms with Crippen molar-refractivity contribution < 1.29 is 9.52 Å². The SMILES string of the molecule is OC1(C2CCc3cccnc32)CCCc2occc21. The summed E-state index contributed by atoms with van der Waals surface area (Å²) in [7, 11) is 0. The molecule has 2 aliphatic carbocycles. The third kappa shape index (κ3) is 1.51. The Morgan fingerprint density at radius 1 is 1.32 bits per heavy atom. The van der Waals surface area contributed by atoms with Gasteiger partial charge in [0.2, 0.25) is 0 Å². The maximum absolute atomic E-state index is 11.3. The van der Waals surface area contributed by atoms with Crippen molar-refractivity contribution in [3.05, 3.63) is 53.2 Å². The average Bonchev–Trinajstić information content (AvgIpc) is 3.06. The van der Waals surface area contributed by atoms with Crippen LogP contribution in [0, 0.1) is 0 Å². The zero-order valence-electron chi connectivity index (χ0n) is 10.8. The lowest BCUT2D eigenvalue weighted by molar-refractivity contribution is -0.0122. The summed E-state index contributed by atoms with van der Waals surface area (Å²) in [6, 6.07) is 6.05. The van der Waals surface area contributed by atoms with Gasteiger partial charge in [0.1, 0.15) is 11.4 Å². The van der Waals surface area contributed by atoms with Gasteiger partial charge in [-0.25, -0.2) is 0 Å². The van der Waals surface area contributed by atoms with Crippen molar-refractivity contribution in [2.75, 3.05) is 0 Å². The first-order valence-corrected chi connectivity index (χ1v) is 7.02. The highest BCUT2D eigenvalue weighted by Crippen LogP contribution is 2.50. The first-order valence-electron chi connectivity index (χ1n) is 7.02. The summed E-state index contributed by atoms with van der Waals surface area (Å²) in [6.45, 7) is 0. The topological polar surface area (TPSA) is 46.3 Å². The van der Waals surface area contributed by atoms with E-state index in [1.807, 2.05) is 18.3 Å². The van der Waals surface area contributed by atoms with Crippen LogP contribution in [0.5, 0.6) is 0 Å². The molecule has 2 atom stereocenters. The summed E-state index contributed by atoms with van der Waals surface area (Å²) in [5.74, 6) is 1.07. The fourth-order valence-electron chi connectivity index (χ4n) is 3.81. The minimum absolute atomic E-state index is 0.111. The summed E-state index contributed by atoms with van der Waals surface area (Å²) in [5.41, 5.74) is 2.57. The summed E-state index contributed by atoms with van der Waals surface area (Å²) in [4.78, 5) is 4.53. The number of aromatic nitrogens is 1. The molecule has 0 saturated heterocycles. The normalized spacial score (nSPS) is 29.0. The van der Waals surface area contributed by atoms with Crippen molar-refractivity contribution in [2.45, 2.75) is 43.6 Å². The van der Waals surface area contributed by atoms with E-state index in [2.05, 4.69) is 11.1 Å². The van der Waals surface area contributed by atoms with E-state index < -0.39 is 5.60 Å². The molecule has 1 N–H and O–H groups in total. The Hall–Kier alpha value is -1.61. The second kappa shape index (κ2) is 3.94. The molecule has 3 nitrogen and oxygen atoms in total. The lowest BCUT2D eigenvalue weighted by Gasteiger charge is -2.37. The second-order valence-corrected chi connectivity index (χ2v) is 5.67. The molecular weight excluding hydrogens is 238 g/mol. The van der Waals surface area contributed by atoms with Crippen LogP contribution in [0.4, 0.5) is 0 Å². The van der Waals surface area contributed by atoms with Gasteiger partial charge in [0.15, 0.2) is 0 Å². The molecule has 0 amide bonds. The molecule has 4 rings (SSSR count). The van der Waals surface area contributed by atoms with E-state index in [-0.39, 0.29) is 5.92 Å². The van der Waals surface area contributed by atoms with Gasteiger partial charge in [-0.15, -0.1) is 0 Å². The third-order valence-corrected chi connectivity index (χ3v) is 4.71. The third-order valence-electron chi connectivity index (χ3n) is 4.71. The Morgan fingerprint density at radius 3 is 3.21 bits per heavy atom. The number of pyridine rings is 1. The monoisotopic (exact) mass is 255 g/mol. The molecule has 0 aromatic carbocycles. The summed E-state index contributed by atoms with van der Waals surface area (Å²) < 4.78 is 5.52. The highest BCUT2D eigenvalue weighted by atomic mass is 16.3. The van der Waals surface area contributed by atoms with Gasteiger partial charge in [-0.3, -0.25) is 4.98 Å². The fraction of sp³-hybridized carbons (Fsp3) is 0.438. The van der Waals surface area contributed by atoms with Gasteiger partial charge in [-0.2, -0.15) is 0 Å². The minimum atomic E-state index is -0.791. The Balaban J connectivity index is 1.83. The van der Waals surface area contributed by atoms with Gasteiger partial charge in [0.05, 0.1) is 6.26 Å². The number of fused-ring (bicyclic) bond motifs is 2. The van der Waals surface area contributed by atoms with Gasteiger partial charge < -0.3 is 9.52 Å². The summed E-state index contributed by atoms with van der Waals surface area (Å²) >= 11 is 0. The van der Waals surface area contributed by atoms with E-state index >= 15 is 0 Å². The average molecular weight is 255 g/mol. The fourth-order valence-corrected chi connectivity index (χ4v) is 3.81. The van der Waals surface area contributed by atoms with Crippen molar-refractivity contribution in [1.82, 2.24) is 4.98 Å². The van der Waals surface area contributed by atoms with Crippen LogP contribution in [-0.2, 0) is 18.4 Å². The van der Waals surface area contributed by atoms with Gasteiger partial charge >= 0.3 is 0 Å². The second-order valence-electron chi connectivity index (χ2n) is 5.67. The lowest BCUT2D eigenvalue weighted by atomic mass is 9.73.